The average Bonchev–Trinajstić information content (AvgIpc) is 2.11. The van der Waals surface area contributed by atoms with E-state index in [9.17, 15) is 9.59 Å². The second kappa shape index (κ2) is 7.16. The van der Waals surface area contributed by atoms with Gasteiger partial charge in [-0.1, -0.05) is 6.92 Å². The maximum absolute atomic E-state index is 10.8. The number of carbonyl (C=O) groups excluding carboxylic acids is 2. The van der Waals surface area contributed by atoms with E-state index in [2.05, 4.69) is 5.32 Å². The molecule has 0 aliphatic heterocycles. The van der Waals surface area contributed by atoms with Gasteiger partial charge in [0.05, 0.1) is 5.75 Å². The molecule has 1 amide bonds. The minimum Gasteiger partial charge on any atom is -0.358 e. The summed E-state index contributed by atoms with van der Waals surface area (Å²) in [5.74, 6) is 1.48. The highest BCUT2D eigenvalue weighted by Crippen LogP contribution is 2.03. The number of hydrogen-bond acceptors (Lipinski definition) is 3. The van der Waals surface area contributed by atoms with E-state index in [4.69, 9.17) is 0 Å². The van der Waals surface area contributed by atoms with Gasteiger partial charge in [0.15, 0.2) is 0 Å². The summed E-state index contributed by atoms with van der Waals surface area (Å²) in [7, 11) is 1.61. The normalized spacial score (nSPS) is 9.50. The van der Waals surface area contributed by atoms with E-state index in [1.54, 1.807) is 7.05 Å². The Bertz CT molecular complexity index is 141. The molecule has 0 heterocycles. The summed E-state index contributed by atoms with van der Waals surface area (Å²) in [6.45, 7) is 1.85. The fourth-order valence-corrected chi connectivity index (χ4v) is 1.45. The van der Waals surface area contributed by atoms with Crippen LogP contribution >= 0.6 is 11.8 Å². The molecule has 0 aliphatic carbocycles. The van der Waals surface area contributed by atoms with Crippen LogP contribution in [0.2, 0.25) is 0 Å². The number of ketones is 1. The number of carbonyl (C=O) groups is 2. The van der Waals surface area contributed by atoms with Crippen LogP contribution in [-0.2, 0) is 9.59 Å². The molecule has 0 saturated heterocycles. The lowest BCUT2D eigenvalue weighted by Crippen LogP contribution is -2.20. The zero-order chi connectivity index (χ0) is 9.40. The molecular weight excluding hydrogens is 174 g/mol. The van der Waals surface area contributed by atoms with Crippen LogP contribution in [0.3, 0.4) is 0 Å². The van der Waals surface area contributed by atoms with Crippen LogP contribution in [0, 0.1) is 0 Å². The molecule has 0 aromatic heterocycles. The topological polar surface area (TPSA) is 46.2 Å². The molecule has 0 unspecified atom stereocenters. The molecule has 0 aromatic carbocycles. The molecule has 4 heteroatoms. The van der Waals surface area contributed by atoms with Gasteiger partial charge in [-0.15, -0.1) is 0 Å². The Balaban J connectivity index is 3.21. The van der Waals surface area contributed by atoms with E-state index in [0.29, 0.717) is 18.6 Å². The average molecular weight is 189 g/mol. The quantitative estimate of drug-likeness (QED) is 0.630. The van der Waals surface area contributed by atoms with Crippen LogP contribution < -0.4 is 5.32 Å². The summed E-state index contributed by atoms with van der Waals surface area (Å²) in [5.41, 5.74) is 0. The minimum atomic E-state index is 0.0175. The predicted molar refractivity (Wildman–Crippen MR) is 51.3 cm³/mol. The minimum absolute atomic E-state index is 0.0175. The summed E-state index contributed by atoms with van der Waals surface area (Å²) in [6, 6.07) is 0. The third-order valence-corrected chi connectivity index (χ3v) is 2.39. The van der Waals surface area contributed by atoms with Gasteiger partial charge >= 0.3 is 0 Å². The first-order valence-electron chi connectivity index (χ1n) is 4.00. The molecule has 0 aromatic rings. The van der Waals surface area contributed by atoms with E-state index in [-0.39, 0.29) is 11.7 Å². The van der Waals surface area contributed by atoms with E-state index >= 15 is 0 Å². The highest BCUT2D eigenvalue weighted by molar-refractivity contribution is 7.99. The largest absolute Gasteiger partial charge is 0.358 e. The van der Waals surface area contributed by atoms with Crippen molar-refractivity contribution in [2.45, 2.75) is 19.8 Å². The molecule has 0 fully saturated rings. The lowest BCUT2D eigenvalue weighted by molar-refractivity contribution is -0.119. The number of nitrogens with one attached hydrogen (secondary N) is 1. The maximum Gasteiger partial charge on any atom is 0.229 e. The predicted octanol–water partition coefficient (Wildman–Crippen LogP) is 0.835. The Hall–Kier alpha value is -0.510. The van der Waals surface area contributed by atoms with E-state index < -0.39 is 0 Å². The van der Waals surface area contributed by atoms with Crippen molar-refractivity contribution in [1.29, 1.82) is 0 Å². The molecule has 0 aliphatic rings. The van der Waals surface area contributed by atoms with Gasteiger partial charge in [0, 0.05) is 25.6 Å². The van der Waals surface area contributed by atoms with E-state index in [1.165, 1.54) is 11.8 Å². The van der Waals surface area contributed by atoms with Crippen molar-refractivity contribution in [3.8, 4) is 0 Å². The van der Waals surface area contributed by atoms with Crippen molar-refractivity contribution >= 4 is 23.5 Å². The highest BCUT2D eigenvalue weighted by Gasteiger charge is 2.00. The summed E-state index contributed by atoms with van der Waals surface area (Å²) < 4.78 is 0. The number of hydrogen-bond donors (Lipinski definition) is 1. The number of Topliss-reactive ketones (excluding diaryl/α,β-unsaturated/α-hetero) is 1. The molecule has 70 valence electrons. The van der Waals surface area contributed by atoms with Crippen LogP contribution in [0.5, 0.6) is 0 Å². The van der Waals surface area contributed by atoms with Crippen LogP contribution in [-0.4, -0.2) is 30.2 Å². The van der Waals surface area contributed by atoms with Gasteiger partial charge in [0.25, 0.3) is 0 Å². The van der Waals surface area contributed by atoms with E-state index in [1.807, 2.05) is 6.92 Å². The molecule has 12 heavy (non-hydrogen) atoms. The summed E-state index contributed by atoms with van der Waals surface area (Å²) in [4.78, 5) is 21.5. The Kier molecular flexibility index (Phi) is 6.85. The van der Waals surface area contributed by atoms with Crippen molar-refractivity contribution in [3.05, 3.63) is 0 Å². The van der Waals surface area contributed by atoms with Gasteiger partial charge in [-0.3, -0.25) is 9.59 Å². The van der Waals surface area contributed by atoms with Crippen molar-refractivity contribution in [3.63, 3.8) is 0 Å². The van der Waals surface area contributed by atoms with Crippen LogP contribution in [0.15, 0.2) is 0 Å². The molecule has 0 bridgehead atoms. The van der Waals surface area contributed by atoms with Crippen LogP contribution in [0.1, 0.15) is 19.8 Å². The first kappa shape index (κ1) is 11.5. The third-order valence-electron chi connectivity index (χ3n) is 1.43. The molecular formula is C8H15NO2S. The lowest BCUT2D eigenvalue weighted by atomic mass is 10.2. The first-order chi connectivity index (χ1) is 5.70. The number of thioether (sulfide) groups is 1. The second-order valence-corrected chi connectivity index (χ2v) is 3.47. The maximum atomic E-state index is 10.8. The molecule has 0 spiro atoms. The Morgan fingerprint density at radius 3 is 2.58 bits per heavy atom. The van der Waals surface area contributed by atoms with Crippen molar-refractivity contribution < 1.29 is 9.59 Å². The Labute approximate surface area is 77.3 Å². The smallest absolute Gasteiger partial charge is 0.229 e. The SMILES string of the molecule is CCC(=O)CCSCC(=O)NC. The third kappa shape index (κ3) is 6.22. The summed E-state index contributed by atoms with van der Waals surface area (Å²) in [5, 5.41) is 2.52. The first-order valence-corrected chi connectivity index (χ1v) is 5.16. The monoisotopic (exact) mass is 189 g/mol. The second-order valence-electron chi connectivity index (χ2n) is 2.37. The van der Waals surface area contributed by atoms with Gasteiger partial charge in [0.1, 0.15) is 5.78 Å². The van der Waals surface area contributed by atoms with Crippen molar-refractivity contribution in [2.24, 2.45) is 0 Å². The van der Waals surface area contributed by atoms with Crippen LogP contribution in [0.25, 0.3) is 0 Å². The van der Waals surface area contributed by atoms with Crippen LogP contribution in [0.4, 0.5) is 0 Å². The fraction of sp³-hybridized carbons (Fsp3) is 0.750. The van der Waals surface area contributed by atoms with Gasteiger partial charge in [-0.05, 0) is 0 Å². The molecule has 0 saturated carbocycles. The molecule has 0 rings (SSSR count). The zero-order valence-electron chi connectivity index (χ0n) is 7.55. The zero-order valence-corrected chi connectivity index (χ0v) is 8.37. The van der Waals surface area contributed by atoms with Gasteiger partial charge < -0.3 is 5.32 Å². The molecule has 1 N–H and O–H groups in total. The van der Waals surface area contributed by atoms with Gasteiger partial charge in [-0.25, -0.2) is 0 Å². The Morgan fingerprint density at radius 2 is 2.08 bits per heavy atom. The summed E-state index contributed by atoms with van der Waals surface area (Å²) in [6.07, 6.45) is 1.18. The fourth-order valence-electron chi connectivity index (χ4n) is 0.600. The molecule has 3 nitrogen and oxygen atoms in total. The Morgan fingerprint density at radius 1 is 1.42 bits per heavy atom. The van der Waals surface area contributed by atoms with Gasteiger partial charge in [-0.2, -0.15) is 11.8 Å². The molecule has 0 radical (unpaired) electrons. The highest BCUT2D eigenvalue weighted by atomic mass is 32.2. The van der Waals surface area contributed by atoms with Crippen molar-refractivity contribution in [1.82, 2.24) is 5.32 Å². The summed E-state index contributed by atoms with van der Waals surface area (Å²) >= 11 is 1.50. The molecule has 0 atom stereocenters. The standard InChI is InChI=1S/C8H15NO2S/c1-3-7(10)4-5-12-6-8(11)9-2/h3-6H2,1-2H3,(H,9,11). The lowest BCUT2D eigenvalue weighted by Gasteiger charge is -1.98. The number of rotatable bonds is 6. The number of amides is 1. The van der Waals surface area contributed by atoms with Gasteiger partial charge in [0.2, 0.25) is 5.91 Å². The van der Waals surface area contributed by atoms with Crippen molar-refractivity contribution in [2.75, 3.05) is 18.6 Å². The van der Waals surface area contributed by atoms with E-state index in [0.717, 1.165) is 5.75 Å².